The number of ether oxygens (including phenoxy) is 1. The van der Waals surface area contributed by atoms with Crippen LogP contribution in [0, 0.1) is 13.8 Å². The molecule has 0 bridgehead atoms. The average molecular weight is 283 g/mol. The van der Waals surface area contributed by atoms with Crippen molar-refractivity contribution in [3.8, 4) is 5.75 Å². The number of carbonyl (C=O) groups is 1. The largest absolute Gasteiger partial charge is 0.480 e. The van der Waals surface area contributed by atoms with Gasteiger partial charge in [-0.05, 0) is 44.0 Å². The van der Waals surface area contributed by atoms with E-state index in [-0.39, 0.29) is 5.78 Å². The summed E-state index contributed by atoms with van der Waals surface area (Å²) in [6.45, 7) is 5.86. The summed E-state index contributed by atoms with van der Waals surface area (Å²) in [4.78, 5) is 12.7. The molecule has 3 heteroatoms. The molecule has 110 valence electrons. The monoisotopic (exact) mass is 283 g/mol. The second kappa shape index (κ2) is 6.44. The molecule has 0 aliphatic carbocycles. The summed E-state index contributed by atoms with van der Waals surface area (Å²) in [6.07, 6.45) is 0.0794. The summed E-state index contributed by atoms with van der Waals surface area (Å²) in [6, 6.07) is 13.1. The molecule has 1 unspecified atom stereocenters. The quantitative estimate of drug-likeness (QED) is 0.668. The highest BCUT2D eigenvalue weighted by atomic mass is 16.5. The Labute approximate surface area is 125 Å². The zero-order valence-corrected chi connectivity index (χ0v) is 12.7. The van der Waals surface area contributed by atoms with E-state index in [9.17, 15) is 4.79 Å². The molecule has 2 rings (SSSR count). The van der Waals surface area contributed by atoms with Gasteiger partial charge in [-0.15, -0.1) is 0 Å². The molecule has 0 aliphatic rings. The van der Waals surface area contributed by atoms with Gasteiger partial charge in [-0.2, -0.15) is 0 Å². The maximum atomic E-state index is 12.7. The van der Waals surface area contributed by atoms with Crippen LogP contribution in [0.2, 0.25) is 0 Å². The van der Waals surface area contributed by atoms with Gasteiger partial charge in [0.25, 0.3) is 0 Å². The highest BCUT2D eigenvalue weighted by Gasteiger charge is 2.22. The second-order valence-electron chi connectivity index (χ2n) is 5.24. The number of hydrogen-bond donors (Lipinski definition) is 1. The van der Waals surface area contributed by atoms with E-state index in [1.165, 1.54) is 0 Å². The SMILES string of the molecule is CCC(Oc1ccccc1N)C(=O)c1cc(C)ccc1C. The van der Waals surface area contributed by atoms with Crippen LogP contribution >= 0.6 is 0 Å². The molecule has 2 aromatic rings. The highest BCUT2D eigenvalue weighted by molar-refractivity contribution is 6.01. The van der Waals surface area contributed by atoms with Crippen molar-refractivity contribution >= 4 is 11.5 Å². The number of para-hydroxylation sites is 2. The number of carbonyl (C=O) groups excluding carboxylic acids is 1. The number of hydrogen-bond acceptors (Lipinski definition) is 3. The van der Waals surface area contributed by atoms with Crippen LogP contribution in [0.1, 0.15) is 34.8 Å². The minimum Gasteiger partial charge on any atom is -0.480 e. The number of rotatable bonds is 5. The van der Waals surface area contributed by atoms with E-state index in [0.29, 0.717) is 17.9 Å². The van der Waals surface area contributed by atoms with Gasteiger partial charge in [0, 0.05) is 5.56 Å². The lowest BCUT2D eigenvalue weighted by Gasteiger charge is -2.19. The van der Waals surface area contributed by atoms with Crippen LogP contribution < -0.4 is 10.5 Å². The summed E-state index contributed by atoms with van der Waals surface area (Å²) in [5.74, 6) is 0.560. The van der Waals surface area contributed by atoms with Crippen LogP contribution in [0.4, 0.5) is 5.69 Å². The van der Waals surface area contributed by atoms with E-state index in [1.807, 2.05) is 51.1 Å². The van der Waals surface area contributed by atoms with Crippen molar-refractivity contribution in [3.05, 3.63) is 59.2 Å². The first-order valence-electron chi connectivity index (χ1n) is 7.15. The topological polar surface area (TPSA) is 52.3 Å². The Bertz CT molecular complexity index is 649. The minimum absolute atomic E-state index is 0.00181. The van der Waals surface area contributed by atoms with Gasteiger partial charge < -0.3 is 10.5 Å². The molecule has 0 saturated carbocycles. The number of ketones is 1. The second-order valence-corrected chi connectivity index (χ2v) is 5.24. The van der Waals surface area contributed by atoms with Gasteiger partial charge in [-0.25, -0.2) is 0 Å². The molecular formula is C18H21NO2. The number of anilines is 1. The Morgan fingerprint density at radius 2 is 1.90 bits per heavy atom. The maximum Gasteiger partial charge on any atom is 0.203 e. The number of nitrogen functional groups attached to an aromatic ring is 1. The van der Waals surface area contributed by atoms with Gasteiger partial charge in [0.2, 0.25) is 5.78 Å². The Kier molecular flexibility index (Phi) is 4.63. The fraction of sp³-hybridized carbons (Fsp3) is 0.278. The molecule has 0 aliphatic heterocycles. The first-order chi connectivity index (χ1) is 10.0. The van der Waals surface area contributed by atoms with Gasteiger partial charge in [-0.1, -0.05) is 36.8 Å². The zero-order valence-electron chi connectivity index (χ0n) is 12.7. The first kappa shape index (κ1) is 15.1. The molecule has 0 radical (unpaired) electrons. The van der Waals surface area contributed by atoms with Gasteiger partial charge in [0.15, 0.2) is 6.10 Å². The lowest BCUT2D eigenvalue weighted by Crippen LogP contribution is -2.27. The minimum atomic E-state index is -0.518. The van der Waals surface area contributed by atoms with Crippen molar-refractivity contribution < 1.29 is 9.53 Å². The van der Waals surface area contributed by atoms with E-state index < -0.39 is 6.10 Å². The predicted molar refractivity (Wildman–Crippen MR) is 85.8 cm³/mol. The number of aryl methyl sites for hydroxylation is 2. The average Bonchev–Trinajstić information content (AvgIpc) is 2.48. The molecule has 0 fully saturated rings. The predicted octanol–water partition coefficient (Wildman–Crippen LogP) is 3.93. The van der Waals surface area contributed by atoms with E-state index in [0.717, 1.165) is 16.7 Å². The molecular weight excluding hydrogens is 262 g/mol. The number of Topliss-reactive ketones (excluding diaryl/α,β-unsaturated/α-hetero) is 1. The highest BCUT2D eigenvalue weighted by Crippen LogP contribution is 2.24. The summed E-state index contributed by atoms with van der Waals surface area (Å²) >= 11 is 0. The molecule has 3 nitrogen and oxygen atoms in total. The molecule has 2 aromatic carbocycles. The van der Waals surface area contributed by atoms with Crippen LogP contribution in [0.3, 0.4) is 0 Å². The maximum absolute atomic E-state index is 12.7. The molecule has 0 heterocycles. The summed E-state index contributed by atoms with van der Waals surface area (Å²) in [7, 11) is 0. The van der Waals surface area contributed by atoms with Crippen LogP contribution in [-0.4, -0.2) is 11.9 Å². The summed E-state index contributed by atoms with van der Waals surface area (Å²) in [5, 5.41) is 0. The third-order valence-electron chi connectivity index (χ3n) is 3.51. The van der Waals surface area contributed by atoms with Crippen LogP contribution in [0.5, 0.6) is 5.75 Å². The van der Waals surface area contributed by atoms with Crippen LogP contribution in [-0.2, 0) is 0 Å². The number of benzene rings is 2. The lowest BCUT2D eigenvalue weighted by molar-refractivity contribution is 0.0787. The smallest absolute Gasteiger partial charge is 0.203 e. The molecule has 0 saturated heterocycles. The lowest BCUT2D eigenvalue weighted by atomic mass is 9.98. The Morgan fingerprint density at radius 1 is 1.19 bits per heavy atom. The van der Waals surface area contributed by atoms with E-state index >= 15 is 0 Å². The van der Waals surface area contributed by atoms with Gasteiger partial charge >= 0.3 is 0 Å². The Hall–Kier alpha value is -2.29. The standard InChI is InChI=1S/C18H21NO2/c1-4-16(21-17-8-6-5-7-15(17)19)18(20)14-11-12(2)9-10-13(14)3/h5-11,16H,4,19H2,1-3H3. The molecule has 21 heavy (non-hydrogen) atoms. The fourth-order valence-corrected chi connectivity index (χ4v) is 2.24. The fourth-order valence-electron chi connectivity index (χ4n) is 2.24. The molecule has 2 N–H and O–H groups in total. The van der Waals surface area contributed by atoms with E-state index in [1.54, 1.807) is 12.1 Å². The van der Waals surface area contributed by atoms with E-state index in [4.69, 9.17) is 10.5 Å². The molecule has 0 amide bonds. The Balaban J connectivity index is 2.27. The third-order valence-corrected chi connectivity index (χ3v) is 3.51. The van der Waals surface area contributed by atoms with Crippen molar-refractivity contribution in [3.63, 3.8) is 0 Å². The number of nitrogens with two attached hydrogens (primary N) is 1. The normalized spacial score (nSPS) is 12.0. The van der Waals surface area contributed by atoms with Crippen molar-refractivity contribution in [1.82, 2.24) is 0 Å². The van der Waals surface area contributed by atoms with Gasteiger partial charge in [0.1, 0.15) is 5.75 Å². The molecule has 1 atom stereocenters. The molecule has 0 aromatic heterocycles. The molecule has 0 spiro atoms. The van der Waals surface area contributed by atoms with Crippen molar-refractivity contribution in [2.24, 2.45) is 0 Å². The van der Waals surface area contributed by atoms with Crippen LogP contribution in [0.25, 0.3) is 0 Å². The van der Waals surface area contributed by atoms with Crippen molar-refractivity contribution in [2.75, 3.05) is 5.73 Å². The van der Waals surface area contributed by atoms with Crippen molar-refractivity contribution in [1.29, 1.82) is 0 Å². The third kappa shape index (κ3) is 3.43. The summed E-state index contributed by atoms with van der Waals surface area (Å²) < 4.78 is 5.83. The van der Waals surface area contributed by atoms with Crippen LogP contribution in [0.15, 0.2) is 42.5 Å². The summed E-state index contributed by atoms with van der Waals surface area (Å²) in [5.41, 5.74) is 9.18. The van der Waals surface area contributed by atoms with Gasteiger partial charge in [-0.3, -0.25) is 4.79 Å². The van der Waals surface area contributed by atoms with Crippen molar-refractivity contribution in [2.45, 2.75) is 33.3 Å². The zero-order chi connectivity index (χ0) is 15.4. The Morgan fingerprint density at radius 3 is 2.57 bits per heavy atom. The van der Waals surface area contributed by atoms with Gasteiger partial charge in [0.05, 0.1) is 5.69 Å². The first-order valence-corrected chi connectivity index (χ1v) is 7.15. The van der Waals surface area contributed by atoms with E-state index in [2.05, 4.69) is 0 Å².